The van der Waals surface area contributed by atoms with Crippen molar-refractivity contribution in [2.24, 2.45) is 5.92 Å². The topological polar surface area (TPSA) is 51.2 Å². The molecular weight excluding hydrogens is 284 g/mol. The van der Waals surface area contributed by atoms with Gasteiger partial charge in [-0.1, -0.05) is 37.6 Å². The van der Waals surface area contributed by atoms with E-state index in [0.717, 1.165) is 5.56 Å². The Bertz CT molecular complexity index is 562. The predicted molar refractivity (Wildman–Crippen MR) is 78.2 cm³/mol. The van der Waals surface area contributed by atoms with Crippen LogP contribution in [0.15, 0.2) is 18.2 Å². The van der Waals surface area contributed by atoms with E-state index in [2.05, 4.69) is 0 Å². The molecule has 0 aliphatic carbocycles. The van der Waals surface area contributed by atoms with Crippen molar-refractivity contribution in [3.05, 3.63) is 34.3 Å². The summed E-state index contributed by atoms with van der Waals surface area (Å²) in [4.78, 5) is 11.6. The average molecular weight is 303 g/mol. The lowest BCUT2D eigenvalue weighted by Crippen LogP contribution is -2.08. The Morgan fingerprint density at radius 1 is 1.32 bits per heavy atom. The first-order chi connectivity index (χ1) is 8.69. The minimum absolute atomic E-state index is 0.0159. The maximum Gasteiger partial charge on any atom is 0.151 e. The van der Waals surface area contributed by atoms with Crippen molar-refractivity contribution in [2.45, 2.75) is 32.4 Å². The smallest absolute Gasteiger partial charge is 0.151 e. The highest BCUT2D eigenvalue weighted by molar-refractivity contribution is 7.89. The van der Waals surface area contributed by atoms with Crippen LogP contribution in [0.1, 0.15) is 31.4 Å². The van der Waals surface area contributed by atoms with Gasteiger partial charge in [-0.3, -0.25) is 4.79 Å². The standard InChI is InChI=1S/C14H19ClO3S/c1-10(2)14(16)7-6-12-5-4-11(8-13(12)15)9-19(3,17)18/h4-5,8,10H,6-7,9H2,1-3H3. The number of carbonyl (C=O) groups is 1. The highest BCUT2D eigenvalue weighted by atomic mass is 35.5. The zero-order chi connectivity index (χ0) is 14.6. The summed E-state index contributed by atoms with van der Waals surface area (Å²) in [5, 5.41) is 0.526. The minimum Gasteiger partial charge on any atom is -0.299 e. The van der Waals surface area contributed by atoms with E-state index in [1.165, 1.54) is 6.26 Å². The molecule has 19 heavy (non-hydrogen) atoms. The molecule has 3 nitrogen and oxygen atoms in total. The Hall–Kier alpha value is -0.870. The summed E-state index contributed by atoms with van der Waals surface area (Å²) in [7, 11) is -3.06. The second kappa shape index (κ2) is 6.53. The fourth-order valence-corrected chi connectivity index (χ4v) is 2.82. The Morgan fingerprint density at radius 3 is 2.42 bits per heavy atom. The molecule has 0 N–H and O–H groups in total. The van der Waals surface area contributed by atoms with Crippen LogP contribution in [-0.2, 0) is 26.8 Å². The molecule has 1 rings (SSSR count). The summed E-state index contributed by atoms with van der Waals surface area (Å²) in [5.41, 5.74) is 1.55. The molecule has 0 unspecified atom stereocenters. The van der Waals surface area contributed by atoms with Crippen LogP contribution in [0.3, 0.4) is 0 Å². The van der Waals surface area contributed by atoms with Gasteiger partial charge in [-0.2, -0.15) is 0 Å². The molecule has 0 heterocycles. The van der Waals surface area contributed by atoms with Crippen LogP contribution in [0.25, 0.3) is 0 Å². The maximum absolute atomic E-state index is 11.6. The van der Waals surface area contributed by atoms with Gasteiger partial charge in [0, 0.05) is 23.6 Å². The molecule has 0 aromatic heterocycles. The first-order valence-electron chi connectivity index (χ1n) is 6.17. The van der Waals surface area contributed by atoms with Crippen LogP contribution < -0.4 is 0 Å². The summed E-state index contributed by atoms with van der Waals surface area (Å²) >= 11 is 6.12. The summed E-state index contributed by atoms with van der Waals surface area (Å²) in [6.45, 7) is 3.75. The fourth-order valence-electron chi connectivity index (χ4n) is 1.73. The molecule has 106 valence electrons. The number of ketones is 1. The third-order valence-electron chi connectivity index (χ3n) is 2.83. The first-order valence-corrected chi connectivity index (χ1v) is 8.60. The lowest BCUT2D eigenvalue weighted by atomic mass is 10.0. The number of hydrogen-bond acceptors (Lipinski definition) is 3. The van der Waals surface area contributed by atoms with Crippen molar-refractivity contribution < 1.29 is 13.2 Å². The second-order valence-corrected chi connectivity index (χ2v) is 7.66. The molecule has 1 aromatic carbocycles. The van der Waals surface area contributed by atoms with E-state index in [4.69, 9.17) is 11.6 Å². The van der Waals surface area contributed by atoms with Crippen molar-refractivity contribution in [1.29, 1.82) is 0 Å². The monoisotopic (exact) mass is 302 g/mol. The minimum atomic E-state index is -3.06. The number of halogens is 1. The van der Waals surface area contributed by atoms with Crippen LogP contribution in [0.4, 0.5) is 0 Å². The van der Waals surface area contributed by atoms with Gasteiger partial charge in [0.1, 0.15) is 5.78 Å². The maximum atomic E-state index is 11.6. The molecule has 0 aliphatic heterocycles. The van der Waals surface area contributed by atoms with Gasteiger partial charge in [0.15, 0.2) is 9.84 Å². The quantitative estimate of drug-likeness (QED) is 0.811. The van der Waals surface area contributed by atoms with E-state index in [1.54, 1.807) is 18.2 Å². The van der Waals surface area contributed by atoms with Gasteiger partial charge >= 0.3 is 0 Å². The van der Waals surface area contributed by atoms with E-state index in [0.29, 0.717) is 23.4 Å². The van der Waals surface area contributed by atoms with Gasteiger partial charge in [-0.15, -0.1) is 0 Å². The van der Waals surface area contributed by atoms with Crippen LogP contribution in [0, 0.1) is 5.92 Å². The molecule has 0 amide bonds. The van der Waals surface area contributed by atoms with Crippen molar-refractivity contribution in [1.82, 2.24) is 0 Å². The Labute approximate surface area is 119 Å². The van der Waals surface area contributed by atoms with Gasteiger partial charge in [0.2, 0.25) is 0 Å². The average Bonchev–Trinajstić information content (AvgIpc) is 2.25. The van der Waals surface area contributed by atoms with Gasteiger partial charge in [-0.05, 0) is 23.6 Å². The molecule has 0 radical (unpaired) electrons. The number of sulfone groups is 1. The Balaban J connectivity index is 2.75. The largest absolute Gasteiger partial charge is 0.299 e. The van der Waals surface area contributed by atoms with Gasteiger partial charge in [-0.25, -0.2) is 8.42 Å². The number of Topliss-reactive ketones (excluding diaryl/α,β-unsaturated/α-hetero) is 1. The Kier molecular flexibility index (Phi) is 5.56. The molecule has 0 fully saturated rings. The van der Waals surface area contributed by atoms with E-state index in [9.17, 15) is 13.2 Å². The Morgan fingerprint density at radius 2 is 1.95 bits per heavy atom. The van der Waals surface area contributed by atoms with Crippen molar-refractivity contribution >= 4 is 27.2 Å². The SMILES string of the molecule is CC(C)C(=O)CCc1ccc(CS(C)(=O)=O)cc1Cl. The highest BCUT2D eigenvalue weighted by Gasteiger charge is 2.10. The van der Waals surface area contributed by atoms with Gasteiger partial charge < -0.3 is 0 Å². The molecule has 0 atom stereocenters. The lowest BCUT2D eigenvalue weighted by molar-refractivity contribution is -0.121. The summed E-state index contributed by atoms with van der Waals surface area (Å²) < 4.78 is 22.4. The van der Waals surface area contributed by atoms with E-state index in [1.807, 2.05) is 13.8 Å². The molecular formula is C14H19ClO3S. The van der Waals surface area contributed by atoms with E-state index < -0.39 is 9.84 Å². The van der Waals surface area contributed by atoms with E-state index in [-0.39, 0.29) is 17.5 Å². The van der Waals surface area contributed by atoms with Crippen LogP contribution in [-0.4, -0.2) is 20.5 Å². The summed E-state index contributed by atoms with van der Waals surface area (Å²) in [6, 6.07) is 5.22. The van der Waals surface area contributed by atoms with Crippen molar-refractivity contribution in [3.63, 3.8) is 0 Å². The summed E-state index contributed by atoms with van der Waals surface area (Å²) in [5.74, 6) is 0.220. The van der Waals surface area contributed by atoms with Gasteiger partial charge in [0.05, 0.1) is 5.75 Å². The lowest BCUT2D eigenvalue weighted by Gasteiger charge is -2.08. The highest BCUT2D eigenvalue weighted by Crippen LogP contribution is 2.21. The number of benzene rings is 1. The number of aryl methyl sites for hydroxylation is 1. The molecule has 5 heteroatoms. The molecule has 0 saturated heterocycles. The third kappa shape index (κ3) is 5.74. The van der Waals surface area contributed by atoms with E-state index >= 15 is 0 Å². The van der Waals surface area contributed by atoms with Crippen LogP contribution >= 0.6 is 11.6 Å². The van der Waals surface area contributed by atoms with Crippen molar-refractivity contribution in [2.75, 3.05) is 6.26 Å². The zero-order valence-corrected chi connectivity index (χ0v) is 13.0. The number of carbonyl (C=O) groups excluding carboxylic acids is 1. The van der Waals surface area contributed by atoms with Crippen LogP contribution in [0.2, 0.25) is 5.02 Å². The molecule has 0 spiro atoms. The van der Waals surface area contributed by atoms with Gasteiger partial charge in [0.25, 0.3) is 0 Å². The number of hydrogen-bond donors (Lipinski definition) is 0. The molecule has 0 aliphatic rings. The first kappa shape index (κ1) is 16.2. The van der Waals surface area contributed by atoms with Crippen LogP contribution in [0.5, 0.6) is 0 Å². The second-order valence-electron chi connectivity index (χ2n) is 5.12. The van der Waals surface area contributed by atoms with Crippen molar-refractivity contribution in [3.8, 4) is 0 Å². The normalized spacial score (nSPS) is 11.8. The molecule has 1 aromatic rings. The number of rotatable bonds is 6. The molecule has 0 saturated carbocycles. The fraction of sp³-hybridized carbons (Fsp3) is 0.500. The zero-order valence-electron chi connectivity index (χ0n) is 11.4. The third-order valence-corrected chi connectivity index (χ3v) is 4.04. The molecule has 0 bridgehead atoms. The summed E-state index contributed by atoms with van der Waals surface area (Å²) in [6.07, 6.45) is 2.24. The predicted octanol–water partition coefficient (Wildman–Crippen LogP) is 3.04.